The Kier molecular flexibility index (Phi) is 10.4. The third-order valence-corrected chi connectivity index (χ3v) is 9.71. The van der Waals surface area contributed by atoms with Crippen molar-refractivity contribution in [3.05, 3.63) is 54.1 Å². The Balaban J connectivity index is 1.80. The number of hydrogen-bond donors (Lipinski definition) is 1. The van der Waals surface area contributed by atoms with Gasteiger partial charge in [-0.25, -0.2) is 0 Å². The molecule has 3 fully saturated rings. The van der Waals surface area contributed by atoms with Crippen molar-refractivity contribution in [2.45, 2.75) is 68.5 Å². The normalized spacial score (nSPS) is 28.1. The van der Waals surface area contributed by atoms with E-state index < -0.39 is 29.6 Å². The molecular formula is C31H41BrClN3O5. The minimum Gasteiger partial charge on any atom is -0.396 e. The van der Waals surface area contributed by atoms with Gasteiger partial charge in [-0.05, 0) is 50.7 Å². The molecule has 6 atom stereocenters. The van der Waals surface area contributed by atoms with Gasteiger partial charge >= 0.3 is 0 Å². The molecule has 3 aliphatic rings. The number of rotatable bonds is 14. The highest BCUT2D eigenvalue weighted by atomic mass is 79.9. The molecule has 1 aromatic carbocycles. The number of hydrogen-bond acceptors (Lipinski definition) is 5. The van der Waals surface area contributed by atoms with Crippen LogP contribution in [-0.2, 0) is 19.1 Å². The van der Waals surface area contributed by atoms with Gasteiger partial charge in [0.15, 0.2) is 0 Å². The molecule has 0 saturated carbocycles. The molecule has 3 amide bonds. The van der Waals surface area contributed by atoms with E-state index in [4.69, 9.17) is 16.3 Å². The molecule has 3 heterocycles. The number of unbranched alkanes of at least 4 members (excludes halogenated alkanes) is 2. The summed E-state index contributed by atoms with van der Waals surface area (Å²) in [5.74, 6) is -2.15. The van der Waals surface area contributed by atoms with Gasteiger partial charge in [0.25, 0.3) is 5.91 Å². The number of likely N-dealkylation sites (tertiary alicyclic amines) is 1. The van der Waals surface area contributed by atoms with Crippen LogP contribution < -0.4 is 4.90 Å². The highest BCUT2D eigenvalue weighted by Gasteiger charge is 2.76. The van der Waals surface area contributed by atoms with Crippen molar-refractivity contribution in [2.24, 2.45) is 11.8 Å². The maximum atomic E-state index is 14.7. The Bertz CT molecular complexity index is 1160. The van der Waals surface area contributed by atoms with Crippen LogP contribution in [0.25, 0.3) is 0 Å². The number of benzene rings is 1. The van der Waals surface area contributed by atoms with E-state index in [2.05, 4.69) is 29.1 Å². The maximum Gasteiger partial charge on any atom is 0.253 e. The molecule has 1 N–H and O–H groups in total. The summed E-state index contributed by atoms with van der Waals surface area (Å²) >= 11 is 10.4. The Hall–Kier alpha value is -2.20. The van der Waals surface area contributed by atoms with Crippen LogP contribution in [0.5, 0.6) is 0 Å². The molecule has 41 heavy (non-hydrogen) atoms. The van der Waals surface area contributed by atoms with Gasteiger partial charge in [-0.3, -0.25) is 14.4 Å². The molecule has 0 aliphatic carbocycles. The van der Waals surface area contributed by atoms with Gasteiger partial charge in [-0.1, -0.05) is 58.7 Å². The van der Waals surface area contributed by atoms with Crippen molar-refractivity contribution in [3.63, 3.8) is 0 Å². The van der Waals surface area contributed by atoms with E-state index in [1.54, 1.807) is 32.9 Å². The van der Waals surface area contributed by atoms with Crippen molar-refractivity contribution in [2.75, 3.05) is 37.7 Å². The highest BCUT2D eigenvalue weighted by Crippen LogP contribution is 2.60. The SMILES string of the molecule is C=CCN(CCC)C(=O)[C@H]1[C@@H]2OC3(CC2Br)C(C(=O)N(CC=C)c2c(C)cccc2Cl)N(CCCCCO)C(=O)[C@H]13. The Morgan fingerprint density at radius 1 is 1.22 bits per heavy atom. The van der Waals surface area contributed by atoms with Crippen LogP contribution in [0.3, 0.4) is 0 Å². The number of alkyl halides is 1. The smallest absolute Gasteiger partial charge is 0.253 e. The van der Waals surface area contributed by atoms with E-state index in [0.717, 1.165) is 12.0 Å². The number of amides is 3. The average Bonchev–Trinajstić information content (AvgIpc) is 3.53. The van der Waals surface area contributed by atoms with Crippen molar-refractivity contribution >= 4 is 50.9 Å². The van der Waals surface area contributed by atoms with E-state index in [1.165, 1.54) is 0 Å². The second-order valence-electron chi connectivity index (χ2n) is 11.2. The van der Waals surface area contributed by atoms with Gasteiger partial charge in [0.05, 0.1) is 28.6 Å². The molecule has 3 saturated heterocycles. The lowest BCUT2D eigenvalue weighted by molar-refractivity contribution is -0.145. The number of ether oxygens (including phenoxy) is 1. The molecule has 0 aromatic heterocycles. The lowest BCUT2D eigenvalue weighted by atomic mass is 9.70. The molecule has 8 nitrogen and oxygen atoms in total. The van der Waals surface area contributed by atoms with Crippen molar-refractivity contribution in [3.8, 4) is 0 Å². The van der Waals surface area contributed by atoms with Gasteiger partial charge in [0.2, 0.25) is 11.8 Å². The van der Waals surface area contributed by atoms with E-state index in [0.29, 0.717) is 56.0 Å². The third-order valence-electron chi connectivity index (χ3n) is 8.56. The summed E-state index contributed by atoms with van der Waals surface area (Å²) in [5.41, 5.74) is 0.232. The number of aliphatic hydroxyl groups excluding tert-OH is 1. The summed E-state index contributed by atoms with van der Waals surface area (Å²) < 4.78 is 6.69. The van der Waals surface area contributed by atoms with Gasteiger partial charge < -0.3 is 24.5 Å². The average molecular weight is 651 g/mol. The minimum absolute atomic E-state index is 0.0605. The maximum absolute atomic E-state index is 14.7. The molecule has 1 aromatic rings. The van der Waals surface area contributed by atoms with E-state index >= 15 is 0 Å². The summed E-state index contributed by atoms with van der Waals surface area (Å²) in [5, 5.41) is 9.73. The minimum atomic E-state index is -1.16. The number of para-hydroxylation sites is 1. The second-order valence-corrected chi connectivity index (χ2v) is 12.8. The van der Waals surface area contributed by atoms with E-state index in [9.17, 15) is 19.5 Å². The number of carbonyl (C=O) groups is 3. The highest BCUT2D eigenvalue weighted by molar-refractivity contribution is 9.09. The predicted octanol–water partition coefficient (Wildman–Crippen LogP) is 4.50. The molecule has 4 rings (SSSR count). The van der Waals surface area contributed by atoms with Crippen LogP contribution in [0.15, 0.2) is 43.5 Å². The molecule has 3 aliphatic heterocycles. The van der Waals surface area contributed by atoms with Gasteiger partial charge in [-0.15, -0.1) is 13.2 Å². The number of aliphatic hydroxyl groups is 1. The summed E-state index contributed by atoms with van der Waals surface area (Å²) in [4.78, 5) is 47.8. The molecular weight excluding hydrogens is 610 g/mol. The zero-order chi connectivity index (χ0) is 29.9. The number of carbonyl (C=O) groups excluding carboxylic acids is 3. The molecule has 224 valence electrons. The van der Waals surface area contributed by atoms with Crippen molar-refractivity contribution in [1.82, 2.24) is 9.80 Å². The van der Waals surface area contributed by atoms with Crippen molar-refractivity contribution in [1.29, 1.82) is 0 Å². The number of aryl methyl sites for hydroxylation is 1. The number of anilines is 1. The van der Waals surface area contributed by atoms with Crippen LogP contribution in [0.4, 0.5) is 5.69 Å². The lowest BCUT2D eigenvalue weighted by Crippen LogP contribution is -2.57. The molecule has 3 unspecified atom stereocenters. The molecule has 1 spiro atoms. The topological polar surface area (TPSA) is 90.4 Å². The number of fused-ring (bicyclic) bond motifs is 1. The predicted molar refractivity (Wildman–Crippen MR) is 164 cm³/mol. The molecule has 10 heteroatoms. The summed E-state index contributed by atoms with van der Waals surface area (Å²) in [6.45, 7) is 13.1. The molecule has 2 bridgehead atoms. The Labute approximate surface area is 256 Å². The fourth-order valence-corrected chi connectivity index (χ4v) is 8.23. The standard InChI is InChI=1S/C31H41BrClN3O5/c1-5-14-34(15-6-2)28(38)23-24-29(39)36(17-9-8-10-18-37)27(31(24)19-21(32)26(23)41-31)30(40)35(16-7-3)25-20(4)12-11-13-22(25)33/h5,7,11-13,21,23-24,26-27,37H,1,3,6,8-10,14-19H2,2,4H3/t21?,23-,24+,26-,27?,31?/m1/s1. The van der Waals surface area contributed by atoms with Crippen LogP contribution in [0.2, 0.25) is 5.02 Å². The monoisotopic (exact) mass is 649 g/mol. The first-order valence-electron chi connectivity index (χ1n) is 14.5. The van der Waals surface area contributed by atoms with E-state index in [-0.39, 0.29) is 35.7 Å². The lowest BCUT2D eigenvalue weighted by Gasteiger charge is -2.38. The zero-order valence-corrected chi connectivity index (χ0v) is 26.3. The summed E-state index contributed by atoms with van der Waals surface area (Å²) in [6.07, 6.45) is 5.93. The number of halogens is 2. The van der Waals surface area contributed by atoms with Crippen molar-refractivity contribution < 1.29 is 24.2 Å². The van der Waals surface area contributed by atoms with Crippen LogP contribution in [-0.4, -0.2) is 88.0 Å². The number of nitrogens with zero attached hydrogens (tertiary/aromatic N) is 3. The van der Waals surface area contributed by atoms with Crippen LogP contribution >= 0.6 is 27.5 Å². The van der Waals surface area contributed by atoms with Gasteiger partial charge in [-0.2, -0.15) is 0 Å². The van der Waals surface area contributed by atoms with Gasteiger partial charge in [0.1, 0.15) is 11.6 Å². The largest absolute Gasteiger partial charge is 0.396 e. The fourth-order valence-electron chi connectivity index (χ4n) is 6.96. The zero-order valence-electron chi connectivity index (χ0n) is 23.9. The summed E-state index contributed by atoms with van der Waals surface area (Å²) in [7, 11) is 0. The van der Waals surface area contributed by atoms with Gasteiger partial charge in [0, 0.05) is 37.6 Å². The third kappa shape index (κ3) is 5.63. The van der Waals surface area contributed by atoms with E-state index in [1.807, 2.05) is 26.0 Å². The fraction of sp³-hybridized carbons (Fsp3) is 0.581. The first kappa shape index (κ1) is 31.7. The van der Waals surface area contributed by atoms with Crippen LogP contribution in [0.1, 0.15) is 44.6 Å². The summed E-state index contributed by atoms with van der Waals surface area (Å²) in [6, 6.07) is 4.52. The Morgan fingerprint density at radius 2 is 1.95 bits per heavy atom. The Morgan fingerprint density at radius 3 is 2.59 bits per heavy atom. The second kappa shape index (κ2) is 13.4. The first-order valence-corrected chi connectivity index (χ1v) is 15.8. The van der Waals surface area contributed by atoms with Crippen LogP contribution in [0, 0.1) is 18.8 Å². The first-order chi connectivity index (χ1) is 19.7. The quantitative estimate of drug-likeness (QED) is 0.182. The molecule has 0 radical (unpaired) electrons.